The van der Waals surface area contributed by atoms with Gasteiger partial charge in [-0.1, -0.05) is 11.6 Å². The third kappa shape index (κ3) is 4.48. The van der Waals surface area contributed by atoms with Crippen molar-refractivity contribution in [1.29, 1.82) is 0 Å². The summed E-state index contributed by atoms with van der Waals surface area (Å²) < 4.78 is 12.5. The predicted molar refractivity (Wildman–Crippen MR) is 99.0 cm³/mol. The standard InChI is InChI=1S/C18H17ClN4O4/c1-20-18(25)16-14(9-23(2)22-16)21-17(24)15-8-7-13(27-15)10-26-12-5-3-11(19)4-6-12/h3-9H,10H2,1-2H3,(H,20,25)(H,21,24). The van der Waals surface area contributed by atoms with E-state index in [-0.39, 0.29) is 23.7 Å². The van der Waals surface area contributed by atoms with Crippen molar-refractivity contribution in [2.45, 2.75) is 6.61 Å². The van der Waals surface area contributed by atoms with Gasteiger partial charge in [-0.2, -0.15) is 5.10 Å². The SMILES string of the molecule is CNC(=O)c1nn(C)cc1NC(=O)c1ccc(COc2ccc(Cl)cc2)o1. The highest BCUT2D eigenvalue weighted by atomic mass is 35.5. The van der Waals surface area contributed by atoms with Crippen LogP contribution in [0.4, 0.5) is 5.69 Å². The van der Waals surface area contributed by atoms with Gasteiger partial charge >= 0.3 is 0 Å². The first-order valence-corrected chi connectivity index (χ1v) is 8.38. The number of furan rings is 1. The van der Waals surface area contributed by atoms with Crippen LogP contribution in [0, 0.1) is 0 Å². The second-order valence-corrected chi connectivity index (χ2v) is 6.04. The van der Waals surface area contributed by atoms with Crippen molar-refractivity contribution >= 4 is 29.1 Å². The monoisotopic (exact) mass is 388 g/mol. The molecule has 0 fully saturated rings. The number of halogens is 1. The van der Waals surface area contributed by atoms with E-state index < -0.39 is 11.8 Å². The van der Waals surface area contributed by atoms with E-state index >= 15 is 0 Å². The maximum atomic E-state index is 12.4. The van der Waals surface area contributed by atoms with E-state index in [4.69, 9.17) is 20.8 Å². The zero-order valence-corrected chi connectivity index (χ0v) is 15.4. The molecule has 0 aliphatic rings. The van der Waals surface area contributed by atoms with Crippen molar-refractivity contribution < 1.29 is 18.7 Å². The van der Waals surface area contributed by atoms with E-state index in [1.165, 1.54) is 24.0 Å². The van der Waals surface area contributed by atoms with Gasteiger partial charge in [0.15, 0.2) is 11.5 Å². The van der Waals surface area contributed by atoms with Crippen LogP contribution in [0.15, 0.2) is 47.0 Å². The Morgan fingerprint density at radius 3 is 2.63 bits per heavy atom. The number of nitrogens with one attached hydrogen (secondary N) is 2. The van der Waals surface area contributed by atoms with E-state index in [2.05, 4.69) is 15.7 Å². The first kappa shape index (κ1) is 18.5. The van der Waals surface area contributed by atoms with Crippen LogP contribution in [0.5, 0.6) is 5.75 Å². The molecular formula is C18H17ClN4O4. The molecule has 2 N–H and O–H groups in total. The fourth-order valence-electron chi connectivity index (χ4n) is 2.31. The molecule has 3 aromatic rings. The zero-order valence-electron chi connectivity index (χ0n) is 14.7. The second-order valence-electron chi connectivity index (χ2n) is 5.61. The highest BCUT2D eigenvalue weighted by Crippen LogP contribution is 2.19. The Morgan fingerprint density at radius 2 is 1.93 bits per heavy atom. The maximum absolute atomic E-state index is 12.4. The molecule has 0 bridgehead atoms. The Balaban J connectivity index is 1.65. The number of rotatable bonds is 6. The summed E-state index contributed by atoms with van der Waals surface area (Å²) in [5.74, 6) is 0.310. The largest absolute Gasteiger partial charge is 0.486 e. The van der Waals surface area contributed by atoms with Gasteiger partial charge in [0.25, 0.3) is 11.8 Å². The fraction of sp³-hybridized carbons (Fsp3) is 0.167. The molecule has 0 saturated heterocycles. The Hall–Kier alpha value is -3.26. The van der Waals surface area contributed by atoms with Gasteiger partial charge in [-0.25, -0.2) is 0 Å². The summed E-state index contributed by atoms with van der Waals surface area (Å²) in [4.78, 5) is 24.2. The molecule has 0 radical (unpaired) electrons. The van der Waals surface area contributed by atoms with Crippen LogP contribution in [-0.4, -0.2) is 28.6 Å². The number of aryl methyl sites for hydroxylation is 1. The summed E-state index contributed by atoms with van der Waals surface area (Å²) in [6.07, 6.45) is 1.54. The van der Waals surface area contributed by atoms with Gasteiger partial charge in [-0.05, 0) is 36.4 Å². The molecular weight excluding hydrogens is 372 g/mol. The van der Waals surface area contributed by atoms with Crippen molar-refractivity contribution in [3.63, 3.8) is 0 Å². The first-order chi connectivity index (χ1) is 13.0. The van der Waals surface area contributed by atoms with Gasteiger partial charge in [0.05, 0.1) is 5.69 Å². The lowest BCUT2D eigenvalue weighted by Crippen LogP contribution is -2.21. The minimum Gasteiger partial charge on any atom is -0.486 e. The predicted octanol–water partition coefficient (Wildman–Crippen LogP) is 2.86. The number of anilines is 1. The van der Waals surface area contributed by atoms with E-state index in [9.17, 15) is 9.59 Å². The minimum absolute atomic E-state index is 0.0939. The number of aromatic nitrogens is 2. The highest BCUT2D eigenvalue weighted by molar-refractivity contribution is 6.30. The van der Waals surface area contributed by atoms with Crippen LogP contribution < -0.4 is 15.4 Å². The molecule has 1 aromatic carbocycles. The van der Waals surface area contributed by atoms with Gasteiger partial charge in [-0.3, -0.25) is 14.3 Å². The van der Waals surface area contributed by atoms with Crippen LogP contribution in [0.2, 0.25) is 5.02 Å². The second kappa shape index (κ2) is 7.96. The van der Waals surface area contributed by atoms with Gasteiger partial charge in [-0.15, -0.1) is 0 Å². The average Bonchev–Trinajstić information content (AvgIpc) is 3.27. The smallest absolute Gasteiger partial charge is 0.291 e. The third-order valence-corrected chi connectivity index (χ3v) is 3.85. The maximum Gasteiger partial charge on any atom is 0.291 e. The van der Waals surface area contributed by atoms with Gasteiger partial charge in [0, 0.05) is 25.3 Å². The number of amides is 2. The number of ether oxygens (including phenoxy) is 1. The number of hydrogen-bond donors (Lipinski definition) is 2. The van der Waals surface area contributed by atoms with Crippen LogP contribution >= 0.6 is 11.6 Å². The van der Waals surface area contributed by atoms with Crippen LogP contribution in [0.25, 0.3) is 0 Å². The van der Waals surface area contributed by atoms with E-state index in [1.807, 2.05) is 0 Å². The number of hydrogen-bond acceptors (Lipinski definition) is 5. The van der Waals surface area contributed by atoms with Crippen LogP contribution in [-0.2, 0) is 13.7 Å². The summed E-state index contributed by atoms with van der Waals surface area (Å²) in [5.41, 5.74) is 0.406. The van der Waals surface area contributed by atoms with Gasteiger partial charge in [0.2, 0.25) is 0 Å². The molecule has 2 heterocycles. The fourth-order valence-corrected chi connectivity index (χ4v) is 2.44. The molecule has 0 spiro atoms. The van der Waals surface area contributed by atoms with E-state index in [0.717, 1.165) is 0 Å². The van der Waals surface area contributed by atoms with Crippen molar-refractivity contribution in [2.24, 2.45) is 7.05 Å². The highest BCUT2D eigenvalue weighted by Gasteiger charge is 2.19. The van der Waals surface area contributed by atoms with E-state index in [1.54, 1.807) is 37.4 Å². The summed E-state index contributed by atoms with van der Waals surface area (Å²) in [6, 6.07) is 10.1. The molecule has 0 atom stereocenters. The zero-order chi connectivity index (χ0) is 19.4. The summed E-state index contributed by atoms with van der Waals surface area (Å²) in [7, 11) is 3.14. The normalized spacial score (nSPS) is 10.5. The van der Waals surface area contributed by atoms with Crippen LogP contribution in [0.3, 0.4) is 0 Å². The average molecular weight is 389 g/mol. The van der Waals surface area contributed by atoms with Crippen molar-refractivity contribution in [2.75, 3.05) is 12.4 Å². The van der Waals surface area contributed by atoms with Crippen molar-refractivity contribution in [3.05, 3.63) is 64.8 Å². The lowest BCUT2D eigenvalue weighted by molar-refractivity contribution is 0.0958. The molecule has 27 heavy (non-hydrogen) atoms. The van der Waals surface area contributed by atoms with Crippen molar-refractivity contribution in [3.8, 4) is 5.75 Å². The molecule has 0 aliphatic heterocycles. The number of carbonyl (C=O) groups is 2. The Kier molecular flexibility index (Phi) is 5.46. The number of carbonyl (C=O) groups excluding carboxylic acids is 2. The van der Waals surface area contributed by atoms with E-state index in [0.29, 0.717) is 16.5 Å². The third-order valence-electron chi connectivity index (χ3n) is 3.60. The molecule has 140 valence electrons. The molecule has 8 nitrogen and oxygen atoms in total. The van der Waals surface area contributed by atoms with Crippen molar-refractivity contribution in [1.82, 2.24) is 15.1 Å². The number of benzene rings is 1. The number of nitrogens with zero attached hydrogens (tertiary/aromatic N) is 2. The summed E-state index contributed by atoms with van der Waals surface area (Å²) >= 11 is 5.83. The topological polar surface area (TPSA) is 98.4 Å². The molecule has 0 saturated carbocycles. The Bertz CT molecular complexity index is 962. The van der Waals surface area contributed by atoms with Gasteiger partial charge < -0.3 is 19.8 Å². The Labute approximate surface area is 160 Å². The molecule has 3 rings (SSSR count). The Morgan fingerprint density at radius 1 is 1.19 bits per heavy atom. The molecule has 2 amide bonds. The summed E-state index contributed by atoms with van der Waals surface area (Å²) in [6.45, 7) is 0.158. The quantitative estimate of drug-likeness (QED) is 0.676. The molecule has 0 unspecified atom stereocenters. The molecule has 0 aliphatic carbocycles. The first-order valence-electron chi connectivity index (χ1n) is 8.00. The lowest BCUT2D eigenvalue weighted by atomic mass is 10.3. The minimum atomic E-state index is -0.495. The lowest BCUT2D eigenvalue weighted by Gasteiger charge is -2.04. The molecule has 9 heteroatoms. The molecule has 2 aromatic heterocycles. The van der Waals surface area contributed by atoms with Crippen LogP contribution in [0.1, 0.15) is 26.8 Å². The van der Waals surface area contributed by atoms with Gasteiger partial charge in [0.1, 0.15) is 18.1 Å². The summed E-state index contributed by atoms with van der Waals surface area (Å²) in [5, 5.41) is 9.75.